The van der Waals surface area contributed by atoms with Crippen molar-refractivity contribution in [2.24, 2.45) is 0 Å². The smallest absolute Gasteiger partial charge is 0.156 e. The van der Waals surface area contributed by atoms with Crippen LogP contribution in [0.5, 0.6) is 0 Å². The molecule has 1 aliphatic rings. The van der Waals surface area contributed by atoms with Crippen molar-refractivity contribution in [1.29, 1.82) is 0 Å². The monoisotopic (exact) mass is 274 g/mol. The first kappa shape index (κ1) is 13.0. The molecule has 2 heterocycles. The van der Waals surface area contributed by atoms with Gasteiger partial charge in [-0.1, -0.05) is 6.42 Å². The second-order valence-electron chi connectivity index (χ2n) is 4.58. The third-order valence-corrected chi connectivity index (χ3v) is 5.90. The van der Waals surface area contributed by atoms with E-state index in [0.29, 0.717) is 11.0 Å². The SMILES string of the molecule is CC(c1nc(C2CCCCN2)cs1)S(C)(=O)=O. The minimum absolute atomic E-state index is 0.306. The molecular formula is C11H18N2O2S2. The third-order valence-electron chi connectivity index (χ3n) is 3.20. The first-order valence-electron chi connectivity index (χ1n) is 5.86. The second-order valence-corrected chi connectivity index (χ2v) is 7.84. The fourth-order valence-corrected chi connectivity index (χ4v) is 3.85. The van der Waals surface area contributed by atoms with Crippen LogP contribution in [0, 0.1) is 0 Å². The standard InChI is InChI=1S/C11H18N2O2S2/c1-8(17(2,14)15)11-13-10(7-16-11)9-5-3-4-6-12-9/h7-9,12H,3-6H2,1-2H3. The fraction of sp³-hybridized carbons (Fsp3) is 0.727. The number of thiazole rings is 1. The Kier molecular flexibility index (Phi) is 3.85. The molecule has 0 aromatic carbocycles. The van der Waals surface area contributed by atoms with Crippen LogP contribution in [0.1, 0.15) is 48.2 Å². The predicted molar refractivity (Wildman–Crippen MR) is 70.0 cm³/mol. The van der Waals surface area contributed by atoms with Crippen molar-refractivity contribution in [3.05, 3.63) is 16.1 Å². The number of sulfone groups is 1. The van der Waals surface area contributed by atoms with E-state index in [9.17, 15) is 8.42 Å². The zero-order valence-corrected chi connectivity index (χ0v) is 11.8. The normalized spacial score (nSPS) is 23.5. The molecule has 96 valence electrons. The van der Waals surface area contributed by atoms with E-state index in [0.717, 1.165) is 18.7 Å². The topological polar surface area (TPSA) is 59.1 Å². The van der Waals surface area contributed by atoms with E-state index in [-0.39, 0.29) is 0 Å². The average molecular weight is 274 g/mol. The Morgan fingerprint density at radius 1 is 1.53 bits per heavy atom. The van der Waals surface area contributed by atoms with Gasteiger partial charge in [0.15, 0.2) is 9.84 Å². The highest BCUT2D eigenvalue weighted by molar-refractivity contribution is 7.91. The predicted octanol–water partition coefficient (Wildman–Crippen LogP) is 2.06. The van der Waals surface area contributed by atoms with Crippen LogP contribution in [0.3, 0.4) is 0 Å². The van der Waals surface area contributed by atoms with E-state index in [4.69, 9.17) is 0 Å². The lowest BCUT2D eigenvalue weighted by molar-refractivity contribution is 0.406. The van der Waals surface area contributed by atoms with Crippen LogP contribution in [0.2, 0.25) is 0 Å². The van der Waals surface area contributed by atoms with Gasteiger partial charge in [-0.05, 0) is 26.3 Å². The summed E-state index contributed by atoms with van der Waals surface area (Å²) in [6.07, 6.45) is 4.79. The van der Waals surface area contributed by atoms with Crippen molar-refractivity contribution in [3.63, 3.8) is 0 Å². The number of nitrogens with one attached hydrogen (secondary N) is 1. The molecule has 1 aromatic heterocycles. The van der Waals surface area contributed by atoms with Gasteiger partial charge in [0.25, 0.3) is 0 Å². The maximum Gasteiger partial charge on any atom is 0.156 e. The number of nitrogens with zero attached hydrogens (tertiary/aromatic N) is 1. The molecule has 0 bridgehead atoms. The van der Waals surface area contributed by atoms with E-state index >= 15 is 0 Å². The summed E-state index contributed by atoms with van der Waals surface area (Å²) >= 11 is 1.45. The molecule has 0 radical (unpaired) electrons. The summed E-state index contributed by atoms with van der Waals surface area (Å²) < 4.78 is 22.9. The van der Waals surface area contributed by atoms with Crippen LogP contribution in [-0.2, 0) is 9.84 Å². The highest BCUT2D eigenvalue weighted by atomic mass is 32.2. The van der Waals surface area contributed by atoms with Crippen LogP contribution in [0.4, 0.5) is 0 Å². The number of aromatic nitrogens is 1. The molecule has 0 aliphatic carbocycles. The highest BCUT2D eigenvalue weighted by Gasteiger charge is 2.23. The van der Waals surface area contributed by atoms with Gasteiger partial charge in [-0.2, -0.15) is 0 Å². The first-order valence-corrected chi connectivity index (χ1v) is 8.69. The van der Waals surface area contributed by atoms with E-state index in [1.165, 1.54) is 30.4 Å². The lowest BCUT2D eigenvalue weighted by Gasteiger charge is -2.21. The summed E-state index contributed by atoms with van der Waals surface area (Å²) in [6, 6.07) is 0.306. The Morgan fingerprint density at radius 2 is 2.29 bits per heavy atom. The lowest BCUT2D eigenvalue weighted by Crippen LogP contribution is -2.27. The van der Waals surface area contributed by atoms with Crippen LogP contribution >= 0.6 is 11.3 Å². The Morgan fingerprint density at radius 3 is 2.88 bits per heavy atom. The molecule has 1 fully saturated rings. The first-order chi connectivity index (χ1) is 7.98. The van der Waals surface area contributed by atoms with Crippen molar-refractivity contribution in [2.75, 3.05) is 12.8 Å². The number of rotatable bonds is 3. The molecule has 17 heavy (non-hydrogen) atoms. The Balaban J connectivity index is 2.15. The van der Waals surface area contributed by atoms with Gasteiger partial charge in [0.2, 0.25) is 0 Å². The number of piperidine rings is 1. The van der Waals surface area contributed by atoms with Gasteiger partial charge in [-0.3, -0.25) is 0 Å². The molecular weight excluding hydrogens is 256 g/mol. The Hall–Kier alpha value is -0.460. The molecule has 1 N–H and O–H groups in total. The van der Waals surface area contributed by atoms with E-state index in [1.807, 2.05) is 5.38 Å². The van der Waals surface area contributed by atoms with Crippen molar-refractivity contribution in [3.8, 4) is 0 Å². The summed E-state index contributed by atoms with van der Waals surface area (Å²) in [4.78, 5) is 4.48. The van der Waals surface area contributed by atoms with Gasteiger partial charge in [0.1, 0.15) is 10.3 Å². The van der Waals surface area contributed by atoms with E-state index < -0.39 is 15.1 Å². The molecule has 1 aliphatic heterocycles. The summed E-state index contributed by atoms with van der Waals surface area (Å²) in [6.45, 7) is 2.73. The summed E-state index contributed by atoms with van der Waals surface area (Å²) in [7, 11) is -3.05. The van der Waals surface area contributed by atoms with Crippen molar-refractivity contribution in [1.82, 2.24) is 10.3 Å². The fourth-order valence-electron chi connectivity index (χ4n) is 1.93. The highest BCUT2D eigenvalue weighted by Crippen LogP contribution is 2.29. The molecule has 0 spiro atoms. The van der Waals surface area contributed by atoms with Crippen LogP contribution in [0.25, 0.3) is 0 Å². The molecule has 1 aromatic rings. The molecule has 2 atom stereocenters. The molecule has 2 unspecified atom stereocenters. The number of hydrogen-bond acceptors (Lipinski definition) is 5. The van der Waals surface area contributed by atoms with E-state index in [1.54, 1.807) is 6.92 Å². The zero-order chi connectivity index (χ0) is 12.5. The van der Waals surface area contributed by atoms with Crippen molar-refractivity contribution < 1.29 is 8.42 Å². The quantitative estimate of drug-likeness (QED) is 0.916. The Labute approximate surface area is 106 Å². The molecule has 1 saturated heterocycles. The Bertz CT molecular complexity index is 475. The largest absolute Gasteiger partial charge is 0.309 e. The lowest BCUT2D eigenvalue weighted by atomic mass is 10.0. The summed E-state index contributed by atoms with van der Waals surface area (Å²) in [5.74, 6) is 0. The van der Waals surface area contributed by atoms with Gasteiger partial charge in [-0.25, -0.2) is 13.4 Å². The molecule has 4 nitrogen and oxygen atoms in total. The molecule has 6 heteroatoms. The van der Waals surface area contributed by atoms with Gasteiger partial charge in [-0.15, -0.1) is 11.3 Å². The van der Waals surface area contributed by atoms with Crippen LogP contribution in [-0.4, -0.2) is 26.2 Å². The van der Waals surface area contributed by atoms with Crippen molar-refractivity contribution >= 4 is 21.2 Å². The molecule has 0 amide bonds. The van der Waals surface area contributed by atoms with Crippen molar-refractivity contribution in [2.45, 2.75) is 37.5 Å². The van der Waals surface area contributed by atoms with Gasteiger partial charge in [0.05, 0.1) is 11.7 Å². The van der Waals surface area contributed by atoms with Gasteiger partial charge in [0, 0.05) is 11.6 Å². The maximum absolute atomic E-state index is 11.5. The van der Waals surface area contributed by atoms with Gasteiger partial charge < -0.3 is 5.32 Å². The second kappa shape index (κ2) is 5.04. The summed E-state index contributed by atoms with van der Waals surface area (Å²) in [5.41, 5.74) is 1.00. The zero-order valence-electron chi connectivity index (χ0n) is 10.1. The molecule has 2 rings (SSSR count). The van der Waals surface area contributed by atoms with Crippen LogP contribution < -0.4 is 5.32 Å². The average Bonchev–Trinajstić information content (AvgIpc) is 2.77. The van der Waals surface area contributed by atoms with Gasteiger partial charge >= 0.3 is 0 Å². The minimum atomic E-state index is -3.05. The third kappa shape index (κ3) is 3.05. The minimum Gasteiger partial charge on any atom is -0.309 e. The van der Waals surface area contributed by atoms with Crippen LogP contribution in [0.15, 0.2) is 5.38 Å². The summed E-state index contributed by atoms with van der Waals surface area (Å²) in [5, 5.41) is 5.62. The molecule has 0 saturated carbocycles. The maximum atomic E-state index is 11.5. The number of hydrogen-bond donors (Lipinski definition) is 1. The van der Waals surface area contributed by atoms with E-state index in [2.05, 4.69) is 10.3 Å².